The van der Waals surface area contributed by atoms with E-state index in [9.17, 15) is 5.11 Å². The number of aryl methyl sites for hydroxylation is 1. The third kappa shape index (κ3) is 2.87. The Morgan fingerprint density at radius 3 is 2.75 bits per heavy atom. The third-order valence-corrected chi connectivity index (χ3v) is 5.31. The first-order chi connectivity index (χ1) is 13.3. The van der Waals surface area contributed by atoms with E-state index in [4.69, 9.17) is 5.26 Å². The zero-order chi connectivity index (χ0) is 20.1. The SMILES string of the molecule is Cc1cc(CC(C)C)c(C(C)(O)c2nc3cc(C#N)ccc3[nH]2)c2cc[nH]c12. The molecule has 142 valence electrons. The molecule has 2 aromatic carbocycles. The second-order valence-corrected chi connectivity index (χ2v) is 8.09. The summed E-state index contributed by atoms with van der Waals surface area (Å²) < 4.78 is 0. The van der Waals surface area contributed by atoms with Crippen molar-refractivity contribution in [3.05, 3.63) is 64.6 Å². The Bertz CT molecular complexity index is 1220. The number of nitrogens with one attached hydrogen (secondary N) is 2. The molecule has 2 aromatic heterocycles. The molecule has 0 aliphatic rings. The summed E-state index contributed by atoms with van der Waals surface area (Å²) in [5.41, 5.74) is 4.93. The fourth-order valence-electron chi connectivity index (χ4n) is 4.08. The van der Waals surface area contributed by atoms with Gasteiger partial charge < -0.3 is 15.1 Å². The first kappa shape index (κ1) is 18.3. The van der Waals surface area contributed by atoms with Crippen LogP contribution in [0.5, 0.6) is 0 Å². The van der Waals surface area contributed by atoms with Crippen LogP contribution in [0.25, 0.3) is 21.9 Å². The maximum atomic E-state index is 11.7. The molecular formula is C23H24N4O. The van der Waals surface area contributed by atoms with Gasteiger partial charge in [-0.05, 0) is 61.6 Å². The van der Waals surface area contributed by atoms with E-state index in [1.165, 1.54) is 5.56 Å². The average Bonchev–Trinajstić information content (AvgIpc) is 3.27. The van der Waals surface area contributed by atoms with Gasteiger partial charge in [0.1, 0.15) is 11.4 Å². The maximum Gasteiger partial charge on any atom is 0.145 e. The number of rotatable bonds is 4. The molecule has 0 fully saturated rings. The molecule has 1 unspecified atom stereocenters. The van der Waals surface area contributed by atoms with Crippen molar-refractivity contribution in [2.75, 3.05) is 0 Å². The smallest absolute Gasteiger partial charge is 0.145 e. The van der Waals surface area contributed by atoms with Gasteiger partial charge in [-0.15, -0.1) is 0 Å². The van der Waals surface area contributed by atoms with Gasteiger partial charge in [-0.1, -0.05) is 19.9 Å². The lowest BCUT2D eigenvalue weighted by Gasteiger charge is -2.27. The molecule has 1 atom stereocenters. The maximum absolute atomic E-state index is 11.7. The summed E-state index contributed by atoms with van der Waals surface area (Å²) in [6.07, 6.45) is 2.78. The lowest BCUT2D eigenvalue weighted by Crippen LogP contribution is -2.27. The van der Waals surface area contributed by atoms with Gasteiger partial charge >= 0.3 is 0 Å². The highest BCUT2D eigenvalue weighted by atomic mass is 16.3. The second-order valence-electron chi connectivity index (χ2n) is 8.09. The summed E-state index contributed by atoms with van der Waals surface area (Å²) in [5, 5.41) is 21.9. The number of nitrogens with zero attached hydrogens (tertiary/aromatic N) is 2. The van der Waals surface area contributed by atoms with Gasteiger partial charge in [0, 0.05) is 22.7 Å². The fraction of sp³-hybridized carbons (Fsp3) is 0.304. The van der Waals surface area contributed by atoms with Crippen molar-refractivity contribution in [3.63, 3.8) is 0 Å². The summed E-state index contributed by atoms with van der Waals surface area (Å²) in [6.45, 7) is 8.24. The minimum absolute atomic E-state index is 0.458. The summed E-state index contributed by atoms with van der Waals surface area (Å²) in [6, 6.07) is 11.6. The predicted octanol–water partition coefficient (Wildman–Crippen LogP) is 4.68. The summed E-state index contributed by atoms with van der Waals surface area (Å²) in [7, 11) is 0. The van der Waals surface area contributed by atoms with Gasteiger partial charge in [0.2, 0.25) is 0 Å². The Kier molecular flexibility index (Phi) is 4.24. The van der Waals surface area contributed by atoms with E-state index in [0.717, 1.165) is 34.0 Å². The highest BCUT2D eigenvalue weighted by Gasteiger charge is 2.34. The van der Waals surface area contributed by atoms with E-state index in [1.54, 1.807) is 19.1 Å². The van der Waals surface area contributed by atoms with Crippen LogP contribution in [0.1, 0.15) is 48.8 Å². The topological polar surface area (TPSA) is 88.5 Å². The second kappa shape index (κ2) is 6.50. The van der Waals surface area contributed by atoms with Crippen LogP contribution < -0.4 is 0 Å². The molecule has 0 radical (unpaired) electrons. The average molecular weight is 372 g/mol. The van der Waals surface area contributed by atoms with Crippen molar-refractivity contribution in [1.82, 2.24) is 15.0 Å². The molecule has 2 heterocycles. The van der Waals surface area contributed by atoms with E-state index in [2.05, 4.69) is 47.9 Å². The molecule has 3 N–H and O–H groups in total. The highest BCUT2D eigenvalue weighted by Crippen LogP contribution is 2.38. The number of benzene rings is 2. The van der Waals surface area contributed by atoms with E-state index in [-0.39, 0.29) is 0 Å². The monoisotopic (exact) mass is 372 g/mol. The molecule has 28 heavy (non-hydrogen) atoms. The fourth-order valence-corrected chi connectivity index (χ4v) is 4.08. The summed E-state index contributed by atoms with van der Waals surface area (Å²) in [4.78, 5) is 11.2. The van der Waals surface area contributed by atoms with Crippen LogP contribution in [0.4, 0.5) is 0 Å². The Labute approximate surface area is 164 Å². The van der Waals surface area contributed by atoms with Gasteiger partial charge in [-0.3, -0.25) is 0 Å². The van der Waals surface area contributed by atoms with E-state index < -0.39 is 5.60 Å². The molecular weight excluding hydrogens is 348 g/mol. The number of nitriles is 1. The molecule has 0 saturated heterocycles. The number of aliphatic hydroxyl groups is 1. The quantitative estimate of drug-likeness (QED) is 0.486. The molecule has 0 aliphatic heterocycles. The van der Waals surface area contributed by atoms with E-state index in [0.29, 0.717) is 22.8 Å². The summed E-state index contributed by atoms with van der Waals surface area (Å²) in [5.74, 6) is 0.938. The number of hydrogen-bond donors (Lipinski definition) is 3. The molecule has 0 amide bonds. The Morgan fingerprint density at radius 2 is 2.04 bits per heavy atom. The molecule has 5 nitrogen and oxygen atoms in total. The van der Waals surface area contributed by atoms with Gasteiger partial charge in [0.25, 0.3) is 0 Å². The van der Waals surface area contributed by atoms with Crippen LogP contribution in [0.2, 0.25) is 0 Å². The largest absolute Gasteiger partial charge is 0.377 e. The number of imidazole rings is 1. The van der Waals surface area contributed by atoms with Crippen molar-refractivity contribution in [1.29, 1.82) is 5.26 Å². The van der Waals surface area contributed by atoms with Gasteiger partial charge in [-0.25, -0.2) is 4.98 Å². The highest BCUT2D eigenvalue weighted by molar-refractivity contribution is 5.88. The number of aromatic nitrogens is 3. The molecule has 0 saturated carbocycles. The van der Waals surface area contributed by atoms with Crippen LogP contribution in [-0.2, 0) is 12.0 Å². The van der Waals surface area contributed by atoms with Crippen molar-refractivity contribution < 1.29 is 5.11 Å². The molecule has 0 spiro atoms. The van der Waals surface area contributed by atoms with Crippen molar-refractivity contribution >= 4 is 21.9 Å². The van der Waals surface area contributed by atoms with E-state index >= 15 is 0 Å². The van der Waals surface area contributed by atoms with Crippen LogP contribution in [0, 0.1) is 24.2 Å². The molecule has 0 aliphatic carbocycles. The normalized spacial score (nSPS) is 13.9. The number of aromatic amines is 2. The van der Waals surface area contributed by atoms with Crippen LogP contribution in [0.15, 0.2) is 36.5 Å². The standard InChI is InChI=1S/C23H24N4O/c1-13(2)9-16-10-14(3)21-17(7-8-25-21)20(16)23(4,28)22-26-18-6-5-15(12-24)11-19(18)27-22/h5-8,10-11,13,25,28H,9H2,1-4H3,(H,26,27). The van der Waals surface area contributed by atoms with Gasteiger partial charge in [0.05, 0.1) is 22.7 Å². The minimum Gasteiger partial charge on any atom is -0.377 e. The molecule has 0 bridgehead atoms. The zero-order valence-corrected chi connectivity index (χ0v) is 16.6. The zero-order valence-electron chi connectivity index (χ0n) is 16.6. The minimum atomic E-state index is -1.30. The first-order valence-electron chi connectivity index (χ1n) is 9.54. The van der Waals surface area contributed by atoms with Gasteiger partial charge in [-0.2, -0.15) is 5.26 Å². The van der Waals surface area contributed by atoms with Crippen LogP contribution >= 0.6 is 0 Å². The predicted molar refractivity (Wildman–Crippen MR) is 111 cm³/mol. The number of H-pyrrole nitrogens is 2. The lowest BCUT2D eigenvalue weighted by molar-refractivity contribution is 0.0940. The van der Waals surface area contributed by atoms with Crippen LogP contribution in [0.3, 0.4) is 0 Å². The Morgan fingerprint density at radius 1 is 1.25 bits per heavy atom. The number of hydrogen-bond acceptors (Lipinski definition) is 3. The van der Waals surface area contributed by atoms with Crippen LogP contribution in [-0.4, -0.2) is 20.1 Å². The molecule has 4 aromatic rings. The van der Waals surface area contributed by atoms with Crippen molar-refractivity contribution in [2.24, 2.45) is 5.92 Å². The third-order valence-electron chi connectivity index (χ3n) is 5.31. The Hall–Kier alpha value is -3.10. The number of fused-ring (bicyclic) bond motifs is 2. The first-order valence-corrected chi connectivity index (χ1v) is 9.54. The molecule has 5 heteroatoms. The van der Waals surface area contributed by atoms with Crippen molar-refractivity contribution in [2.45, 2.75) is 39.7 Å². The Balaban J connectivity index is 1.96. The van der Waals surface area contributed by atoms with E-state index in [1.807, 2.05) is 18.3 Å². The summed E-state index contributed by atoms with van der Waals surface area (Å²) >= 11 is 0. The lowest BCUT2D eigenvalue weighted by atomic mass is 9.84. The van der Waals surface area contributed by atoms with Gasteiger partial charge in [0.15, 0.2) is 0 Å². The van der Waals surface area contributed by atoms with Crippen molar-refractivity contribution in [3.8, 4) is 6.07 Å². The molecule has 4 rings (SSSR count).